The maximum absolute atomic E-state index is 14.0. The summed E-state index contributed by atoms with van der Waals surface area (Å²) in [6.45, 7) is 32.0. The zero-order valence-corrected chi connectivity index (χ0v) is 85.1. The molecule has 1 aliphatic heterocycles. The molecule has 24 nitrogen and oxygen atoms in total. The van der Waals surface area contributed by atoms with Crippen LogP contribution in [0.2, 0.25) is 0 Å². The van der Waals surface area contributed by atoms with Gasteiger partial charge in [0.25, 0.3) is 0 Å². The van der Waals surface area contributed by atoms with Crippen LogP contribution in [0.3, 0.4) is 0 Å². The van der Waals surface area contributed by atoms with Gasteiger partial charge in [-0.05, 0) is 157 Å². The van der Waals surface area contributed by atoms with Gasteiger partial charge in [-0.1, -0.05) is 269 Å². The van der Waals surface area contributed by atoms with E-state index in [1.807, 2.05) is 183 Å². The van der Waals surface area contributed by atoms with E-state index in [0.717, 1.165) is 70.3 Å². The topological polar surface area (TPSA) is 285 Å². The van der Waals surface area contributed by atoms with Crippen LogP contribution in [0.25, 0.3) is 22.3 Å². The molecule has 6 aromatic rings. The number of carbonyl (C=O) groups excluding carboxylic acids is 8. The van der Waals surface area contributed by atoms with Gasteiger partial charge in [0.2, 0.25) is 17.7 Å². The molecule has 3 fully saturated rings. The Morgan fingerprint density at radius 1 is 0.504 bits per heavy atom. The number of carboxylic acids is 1. The third-order valence-electron chi connectivity index (χ3n) is 28.6. The number of rotatable bonds is 40. The number of carboxylic acid groups (broad SMARTS) is 1. The van der Waals surface area contributed by atoms with Crippen LogP contribution in [0.4, 0.5) is 9.59 Å². The minimum atomic E-state index is -1.01. The molecule has 0 unspecified atom stereocenters. The first-order valence-electron chi connectivity index (χ1n) is 49.6. The van der Waals surface area contributed by atoms with E-state index in [0.29, 0.717) is 30.0 Å². The van der Waals surface area contributed by atoms with Gasteiger partial charge in [0, 0.05) is 114 Å². The molecule has 11 rings (SSSR count). The SMILES string of the molecule is C1CCC(NC2CCCCC2)CC1.CC[C@H](C)[C@@H]([C@@H](CC(=O)O)OC)N(C)C(=O)[C@@H](CC(=O)[C@H](C(C)C)N(C)C(=O)OCC1c2ccccc2-c2ccccc21)C(C)C.CC[C@H](C)[C@@H]([C@@H](CC(=O)OC(C)(C)C)OC)N(C)C(=O)[C@@H](C)C(C)C.COc1ccc(COC(=O)[C@H](Cc2ccccc2)NC(=O)[C@H](C)[C@@H](C)[C@@H]2CCCN2C(=O)OCC2c3ccccc3-c3ccccc32)c(OC)c1. The molecule has 13 atom stereocenters. The largest absolute Gasteiger partial charge is 0.497 e. The summed E-state index contributed by atoms with van der Waals surface area (Å²) in [4.78, 5) is 125. The molecule has 135 heavy (non-hydrogen) atoms. The molecule has 742 valence electrons. The Labute approximate surface area is 805 Å². The van der Waals surface area contributed by atoms with E-state index in [-0.39, 0.29) is 146 Å². The van der Waals surface area contributed by atoms with Crippen molar-refractivity contribution in [1.82, 2.24) is 30.2 Å². The average Bonchev–Trinajstić information content (AvgIpc) is 1.62. The summed E-state index contributed by atoms with van der Waals surface area (Å²) in [5.74, 6) is -2.87. The number of hydrogen-bond donors (Lipinski definition) is 3. The number of Topliss-reactive ketones (excluding diaryl/α,β-unsaturated/α-hetero) is 1. The number of hydrogen-bond acceptors (Lipinski definition) is 18. The molecule has 1 saturated heterocycles. The van der Waals surface area contributed by atoms with Crippen molar-refractivity contribution in [2.75, 3.05) is 69.3 Å². The highest BCUT2D eigenvalue weighted by Crippen LogP contribution is 2.47. The molecule has 4 aliphatic carbocycles. The summed E-state index contributed by atoms with van der Waals surface area (Å²) in [7, 11) is 11.2. The second-order valence-electron chi connectivity index (χ2n) is 40.0. The molecule has 6 aromatic carbocycles. The van der Waals surface area contributed by atoms with Crippen molar-refractivity contribution in [3.63, 3.8) is 0 Å². The van der Waals surface area contributed by atoms with E-state index in [1.165, 1.54) is 87.3 Å². The number of ketones is 1. The quantitative estimate of drug-likeness (QED) is 0.0238. The number of amides is 5. The average molecular weight is 1870 g/mol. The van der Waals surface area contributed by atoms with Crippen molar-refractivity contribution >= 4 is 53.6 Å². The van der Waals surface area contributed by atoms with Crippen LogP contribution in [0, 0.1) is 53.3 Å². The van der Waals surface area contributed by atoms with Crippen molar-refractivity contribution in [3.05, 3.63) is 179 Å². The molecule has 24 heteroatoms. The number of ether oxygens (including phenoxy) is 8. The number of benzene rings is 6. The fraction of sp³-hybridized carbons (Fsp3) is 0.595. The molecule has 1 heterocycles. The molecule has 5 aliphatic rings. The number of nitrogens with one attached hydrogen (secondary N) is 2. The highest BCUT2D eigenvalue weighted by molar-refractivity contribution is 5.92. The Hall–Kier alpha value is -10.2. The van der Waals surface area contributed by atoms with Gasteiger partial charge < -0.3 is 73.2 Å². The lowest BCUT2D eigenvalue weighted by atomic mass is 9.83. The molecule has 0 radical (unpaired) electrons. The van der Waals surface area contributed by atoms with E-state index in [2.05, 4.69) is 73.0 Å². The lowest BCUT2D eigenvalue weighted by Crippen LogP contribution is -2.53. The number of nitrogens with zero attached hydrogens (tertiary/aromatic N) is 4. The predicted octanol–water partition coefficient (Wildman–Crippen LogP) is 20.8. The van der Waals surface area contributed by atoms with Gasteiger partial charge in [0.05, 0.1) is 57.4 Å². The molecule has 3 N–H and O–H groups in total. The van der Waals surface area contributed by atoms with Gasteiger partial charge in [0.15, 0.2) is 5.78 Å². The summed E-state index contributed by atoms with van der Waals surface area (Å²) >= 11 is 0. The normalized spacial score (nSPS) is 17.5. The second kappa shape index (κ2) is 53.5. The Morgan fingerprint density at radius 3 is 1.42 bits per heavy atom. The van der Waals surface area contributed by atoms with Crippen LogP contribution in [-0.2, 0) is 75.0 Å². The van der Waals surface area contributed by atoms with E-state index >= 15 is 0 Å². The fourth-order valence-electron chi connectivity index (χ4n) is 20.1. The van der Waals surface area contributed by atoms with Crippen molar-refractivity contribution in [2.45, 2.75) is 305 Å². The van der Waals surface area contributed by atoms with Crippen LogP contribution in [0.5, 0.6) is 11.5 Å². The number of methoxy groups -OCH3 is 4. The number of carbonyl (C=O) groups is 9. The van der Waals surface area contributed by atoms with E-state index < -0.39 is 65.8 Å². The minimum absolute atomic E-state index is 0.0309. The van der Waals surface area contributed by atoms with Crippen LogP contribution >= 0.6 is 0 Å². The lowest BCUT2D eigenvalue weighted by Gasteiger charge is -2.39. The lowest BCUT2D eigenvalue weighted by molar-refractivity contribution is -0.161. The summed E-state index contributed by atoms with van der Waals surface area (Å²) in [5, 5.41) is 16.3. The molecule has 0 aromatic heterocycles. The third-order valence-corrected chi connectivity index (χ3v) is 28.6. The highest BCUT2D eigenvalue weighted by Gasteiger charge is 2.44. The molecular formula is C111H160N6O18. The maximum atomic E-state index is 14.0. The minimum Gasteiger partial charge on any atom is -0.497 e. The van der Waals surface area contributed by atoms with Gasteiger partial charge in [0.1, 0.15) is 43.0 Å². The second-order valence-corrected chi connectivity index (χ2v) is 40.0. The number of likely N-dealkylation sites (N-methyl/N-ethyl adjacent to an activating group) is 3. The zero-order valence-electron chi connectivity index (χ0n) is 85.1. The summed E-state index contributed by atoms with van der Waals surface area (Å²) in [6, 6.07) is 46.8. The first-order chi connectivity index (χ1) is 64.3. The highest BCUT2D eigenvalue weighted by atomic mass is 16.6. The summed E-state index contributed by atoms with van der Waals surface area (Å²) < 4.78 is 45.0. The van der Waals surface area contributed by atoms with Crippen molar-refractivity contribution in [2.24, 2.45) is 53.3 Å². The molecule has 0 spiro atoms. The van der Waals surface area contributed by atoms with Crippen molar-refractivity contribution < 1.29 is 86.2 Å². The smallest absolute Gasteiger partial charge is 0.410 e. The summed E-state index contributed by atoms with van der Waals surface area (Å²) in [5.41, 5.74) is 10.2. The monoisotopic (exact) mass is 1870 g/mol. The third kappa shape index (κ3) is 30.7. The van der Waals surface area contributed by atoms with Gasteiger partial charge in [-0.2, -0.15) is 0 Å². The van der Waals surface area contributed by atoms with Crippen LogP contribution in [0.15, 0.2) is 146 Å². The van der Waals surface area contributed by atoms with Crippen LogP contribution < -0.4 is 20.1 Å². The number of fused-ring (bicyclic) bond motifs is 6. The van der Waals surface area contributed by atoms with Gasteiger partial charge in [-0.3, -0.25) is 28.8 Å². The molecule has 0 bridgehead atoms. The number of aliphatic carboxylic acids is 1. The molecule has 2 saturated carbocycles. The number of esters is 2. The van der Waals surface area contributed by atoms with Crippen LogP contribution in [-0.4, -0.2) is 208 Å². The summed E-state index contributed by atoms with van der Waals surface area (Å²) in [6.07, 6.45) is 15.8. The Balaban J connectivity index is 0.000000243. The van der Waals surface area contributed by atoms with Gasteiger partial charge in [-0.25, -0.2) is 14.4 Å². The van der Waals surface area contributed by atoms with Gasteiger partial charge in [-0.15, -0.1) is 0 Å². The van der Waals surface area contributed by atoms with Crippen LogP contribution in [0.1, 0.15) is 265 Å². The van der Waals surface area contributed by atoms with E-state index in [1.54, 1.807) is 68.3 Å². The Kier molecular flexibility index (Phi) is 43.7. The Morgan fingerprint density at radius 2 is 0.978 bits per heavy atom. The van der Waals surface area contributed by atoms with Crippen molar-refractivity contribution in [3.8, 4) is 33.8 Å². The first kappa shape index (κ1) is 110. The molecule has 5 amide bonds. The molecular weight excluding hydrogens is 1710 g/mol. The number of likely N-dealkylation sites (tertiary alicyclic amines) is 1. The predicted molar refractivity (Wildman–Crippen MR) is 531 cm³/mol. The maximum Gasteiger partial charge on any atom is 0.410 e. The standard InChI is InChI=1S/C42H46N2O7.C37H52N2O7.C20H39NO4.C12H23N/c1-27(38-19-12-22-44(38)42(47)51-26-36-34-17-10-8-15-32(34)33-16-9-11-18-35(33)36)28(2)40(45)43-37(23-29-13-6-5-7-14-29)41(46)50-25-30-20-21-31(48-3)24-39(30)49-4;1-10-24(6)35(32(45-9)20-33(41)42)38(7)36(43)29(22(2)3)19-31(40)34(23(4)5)39(8)37(44)46-21-30-27-17-13-11-15-25(27)26-16-12-14-18-28(26)30;1-11-14(4)18(21(9)19(23)15(5)13(2)3)16(24-10)12-17(22)25-20(6,7)8;1-3-7-11(8-4-1)13-12-9-5-2-6-10-12/h5-11,13-18,20-21,24,27-28,36-38H,12,19,22-23,25-26H2,1-4H3,(H,43,45);11-18,22-24,29-30,32,34-35H,10,19-21H2,1-9H3,(H,41,42);13-16,18H,11-12H2,1-10H3;11-13H,1-10H2/t27-,28-,37+,38+;24-,29-,32+,34-,35-;14-,15-,16+,18-;/m100./s1. The van der Waals surface area contributed by atoms with Gasteiger partial charge >= 0.3 is 30.1 Å². The fourth-order valence-corrected chi connectivity index (χ4v) is 20.1. The van der Waals surface area contributed by atoms with E-state index in [4.69, 9.17) is 37.9 Å². The zero-order chi connectivity index (χ0) is 99.1. The van der Waals surface area contributed by atoms with E-state index in [9.17, 15) is 48.3 Å². The first-order valence-corrected chi connectivity index (χ1v) is 49.6. The Bertz CT molecular complexity index is 4660. The van der Waals surface area contributed by atoms with Crippen molar-refractivity contribution in [1.29, 1.82) is 0 Å².